The molecule has 3 rings (SSSR count). The molecule has 0 unspecified atom stereocenters. The van der Waals surface area contributed by atoms with Crippen molar-refractivity contribution in [2.45, 2.75) is 13.5 Å². The molecule has 0 aliphatic rings. The van der Waals surface area contributed by atoms with Crippen LogP contribution in [0.1, 0.15) is 16.7 Å². The third-order valence-corrected chi connectivity index (χ3v) is 5.88. The summed E-state index contributed by atoms with van der Waals surface area (Å²) < 4.78 is 12.0. The molecule has 168 valence electrons. The standard InChI is InChI=1S/C25H19BrCl2N2O3/c1-15-5-3-4-6-22(15)30-25(31)18(13-29)9-16-10-20(26)24(23(11-16)32-2)33-14-17-7-8-19(27)12-21(17)28/h3-12H,14H2,1-2H3,(H,30,31)/b18-9-. The van der Waals surface area contributed by atoms with Crippen LogP contribution in [0.25, 0.3) is 6.08 Å². The summed E-state index contributed by atoms with van der Waals surface area (Å²) in [7, 11) is 1.51. The zero-order chi connectivity index (χ0) is 24.0. The van der Waals surface area contributed by atoms with Crippen molar-refractivity contribution in [2.24, 2.45) is 0 Å². The topological polar surface area (TPSA) is 71.3 Å². The number of hydrogen-bond acceptors (Lipinski definition) is 4. The predicted octanol–water partition coefficient (Wildman–Crippen LogP) is 7.20. The van der Waals surface area contributed by atoms with Gasteiger partial charge in [-0.2, -0.15) is 5.26 Å². The normalized spacial score (nSPS) is 11.0. The number of halogens is 3. The van der Waals surface area contributed by atoms with E-state index >= 15 is 0 Å². The highest BCUT2D eigenvalue weighted by molar-refractivity contribution is 9.10. The number of benzene rings is 3. The fourth-order valence-corrected chi connectivity index (χ4v) is 4.01. The van der Waals surface area contributed by atoms with Crippen LogP contribution in [0.4, 0.5) is 5.69 Å². The van der Waals surface area contributed by atoms with Crippen LogP contribution in [0.2, 0.25) is 10.0 Å². The Morgan fingerprint density at radius 3 is 2.61 bits per heavy atom. The van der Waals surface area contributed by atoms with Gasteiger partial charge < -0.3 is 14.8 Å². The summed E-state index contributed by atoms with van der Waals surface area (Å²) in [4.78, 5) is 12.6. The Kier molecular flexibility index (Phi) is 8.40. The summed E-state index contributed by atoms with van der Waals surface area (Å²) in [5.41, 5.74) is 2.85. The lowest BCUT2D eigenvalue weighted by Gasteiger charge is -2.14. The summed E-state index contributed by atoms with van der Waals surface area (Å²) in [5.74, 6) is 0.389. The minimum atomic E-state index is -0.500. The number of anilines is 1. The second kappa shape index (κ2) is 11.2. The van der Waals surface area contributed by atoms with E-state index in [-0.39, 0.29) is 12.2 Å². The summed E-state index contributed by atoms with van der Waals surface area (Å²) in [6, 6.07) is 17.9. The van der Waals surface area contributed by atoms with Crippen LogP contribution in [0.15, 0.2) is 64.6 Å². The van der Waals surface area contributed by atoms with Crippen molar-refractivity contribution < 1.29 is 14.3 Å². The SMILES string of the molecule is COc1cc(/C=C(/C#N)C(=O)Nc2ccccc2C)cc(Br)c1OCc1ccc(Cl)cc1Cl. The van der Waals surface area contributed by atoms with Crippen molar-refractivity contribution in [1.82, 2.24) is 0 Å². The maximum Gasteiger partial charge on any atom is 0.266 e. The molecule has 0 heterocycles. The van der Waals surface area contributed by atoms with Gasteiger partial charge in [-0.05, 0) is 70.4 Å². The number of para-hydroxylation sites is 1. The largest absolute Gasteiger partial charge is 0.493 e. The smallest absolute Gasteiger partial charge is 0.266 e. The maximum atomic E-state index is 12.6. The molecule has 5 nitrogen and oxygen atoms in total. The molecule has 0 aliphatic heterocycles. The Morgan fingerprint density at radius 1 is 1.18 bits per heavy atom. The first-order valence-electron chi connectivity index (χ1n) is 9.75. The highest BCUT2D eigenvalue weighted by Gasteiger charge is 2.15. The van der Waals surface area contributed by atoms with Gasteiger partial charge in [0.05, 0.1) is 11.6 Å². The van der Waals surface area contributed by atoms with Gasteiger partial charge in [0, 0.05) is 21.3 Å². The number of nitrogens with zero attached hydrogens (tertiary/aromatic N) is 1. The van der Waals surface area contributed by atoms with Crippen molar-refractivity contribution in [3.63, 3.8) is 0 Å². The van der Waals surface area contributed by atoms with Gasteiger partial charge >= 0.3 is 0 Å². The summed E-state index contributed by atoms with van der Waals surface area (Å²) in [5, 5.41) is 13.3. The van der Waals surface area contributed by atoms with E-state index in [9.17, 15) is 10.1 Å². The molecule has 3 aromatic rings. The first-order valence-corrected chi connectivity index (χ1v) is 11.3. The van der Waals surface area contributed by atoms with Gasteiger partial charge in [-0.1, -0.05) is 47.5 Å². The maximum absolute atomic E-state index is 12.6. The van der Waals surface area contributed by atoms with E-state index in [0.717, 1.165) is 11.1 Å². The number of nitrogens with one attached hydrogen (secondary N) is 1. The molecular formula is C25H19BrCl2N2O3. The van der Waals surface area contributed by atoms with E-state index in [0.29, 0.717) is 37.3 Å². The molecule has 3 aromatic carbocycles. The average molecular weight is 546 g/mol. The molecule has 1 amide bonds. The van der Waals surface area contributed by atoms with Crippen LogP contribution in [-0.4, -0.2) is 13.0 Å². The fourth-order valence-electron chi connectivity index (χ4n) is 2.97. The number of rotatable bonds is 7. The molecule has 0 saturated heterocycles. The number of methoxy groups -OCH3 is 1. The van der Waals surface area contributed by atoms with Crippen LogP contribution in [0, 0.1) is 18.3 Å². The fraction of sp³-hybridized carbons (Fsp3) is 0.120. The molecule has 0 bridgehead atoms. The van der Waals surface area contributed by atoms with E-state index < -0.39 is 5.91 Å². The number of carbonyl (C=O) groups excluding carboxylic acids is 1. The van der Waals surface area contributed by atoms with Crippen molar-refractivity contribution in [3.8, 4) is 17.6 Å². The van der Waals surface area contributed by atoms with Gasteiger partial charge in [0.15, 0.2) is 11.5 Å². The van der Waals surface area contributed by atoms with E-state index in [2.05, 4.69) is 21.2 Å². The van der Waals surface area contributed by atoms with Gasteiger partial charge in [0.1, 0.15) is 18.2 Å². The number of amides is 1. The van der Waals surface area contributed by atoms with Crippen LogP contribution >= 0.6 is 39.1 Å². The molecule has 0 saturated carbocycles. The minimum absolute atomic E-state index is 0.0474. The molecule has 8 heteroatoms. The molecule has 0 atom stereocenters. The van der Waals surface area contributed by atoms with Crippen LogP contribution in [0.3, 0.4) is 0 Å². The highest BCUT2D eigenvalue weighted by Crippen LogP contribution is 2.38. The van der Waals surface area contributed by atoms with E-state index in [4.69, 9.17) is 32.7 Å². The third kappa shape index (κ3) is 6.29. The van der Waals surface area contributed by atoms with Crippen molar-refractivity contribution in [3.05, 3.63) is 91.4 Å². The summed E-state index contributed by atoms with van der Waals surface area (Å²) in [6.45, 7) is 2.08. The van der Waals surface area contributed by atoms with Crippen LogP contribution < -0.4 is 14.8 Å². The van der Waals surface area contributed by atoms with Crippen molar-refractivity contribution in [1.29, 1.82) is 5.26 Å². The Hall–Kier alpha value is -2.98. The van der Waals surface area contributed by atoms with Crippen molar-refractivity contribution >= 4 is 56.8 Å². The number of nitriles is 1. The monoisotopic (exact) mass is 544 g/mol. The van der Waals surface area contributed by atoms with Gasteiger partial charge in [0.25, 0.3) is 5.91 Å². The summed E-state index contributed by atoms with van der Waals surface area (Å²) >= 11 is 15.6. The number of carbonyl (C=O) groups is 1. The predicted molar refractivity (Wildman–Crippen MR) is 135 cm³/mol. The van der Waals surface area contributed by atoms with Gasteiger partial charge in [-0.3, -0.25) is 4.79 Å². The Bertz CT molecular complexity index is 1270. The highest BCUT2D eigenvalue weighted by atomic mass is 79.9. The van der Waals surface area contributed by atoms with E-state index in [1.807, 2.05) is 31.2 Å². The molecule has 0 aromatic heterocycles. The lowest BCUT2D eigenvalue weighted by Crippen LogP contribution is -2.14. The average Bonchev–Trinajstić information content (AvgIpc) is 2.78. The molecule has 0 fully saturated rings. The Morgan fingerprint density at radius 2 is 1.94 bits per heavy atom. The molecule has 0 spiro atoms. The van der Waals surface area contributed by atoms with E-state index in [1.54, 1.807) is 36.4 Å². The quantitative estimate of drug-likeness (QED) is 0.252. The zero-order valence-electron chi connectivity index (χ0n) is 17.8. The minimum Gasteiger partial charge on any atom is -0.493 e. The van der Waals surface area contributed by atoms with Crippen molar-refractivity contribution in [2.75, 3.05) is 12.4 Å². The zero-order valence-corrected chi connectivity index (χ0v) is 20.9. The second-order valence-electron chi connectivity index (χ2n) is 7.00. The number of ether oxygens (including phenoxy) is 2. The molecule has 0 radical (unpaired) electrons. The van der Waals surface area contributed by atoms with Crippen LogP contribution in [-0.2, 0) is 11.4 Å². The molecule has 0 aliphatic carbocycles. The Balaban J connectivity index is 1.84. The van der Waals surface area contributed by atoms with Gasteiger partial charge in [0.2, 0.25) is 0 Å². The first kappa shape index (κ1) is 24.7. The summed E-state index contributed by atoms with van der Waals surface area (Å²) in [6.07, 6.45) is 1.49. The second-order valence-corrected chi connectivity index (χ2v) is 8.70. The van der Waals surface area contributed by atoms with Crippen LogP contribution in [0.5, 0.6) is 11.5 Å². The van der Waals surface area contributed by atoms with E-state index in [1.165, 1.54) is 13.2 Å². The number of hydrogen-bond donors (Lipinski definition) is 1. The first-order chi connectivity index (χ1) is 15.8. The Labute approximate surface area is 210 Å². The molecule has 33 heavy (non-hydrogen) atoms. The van der Waals surface area contributed by atoms with Gasteiger partial charge in [-0.25, -0.2) is 0 Å². The third-order valence-electron chi connectivity index (χ3n) is 4.71. The number of aryl methyl sites for hydroxylation is 1. The molecule has 1 N–H and O–H groups in total. The van der Waals surface area contributed by atoms with Gasteiger partial charge in [-0.15, -0.1) is 0 Å². The lowest BCUT2D eigenvalue weighted by atomic mass is 10.1. The lowest BCUT2D eigenvalue weighted by molar-refractivity contribution is -0.112. The molecular weight excluding hydrogens is 527 g/mol.